The Bertz CT molecular complexity index is 822. The predicted molar refractivity (Wildman–Crippen MR) is 107 cm³/mol. The molecule has 0 heterocycles. The van der Waals surface area contributed by atoms with Gasteiger partial charge in [0.25, 0.3) is 0 Å². The second kappa shape index (κ2) is 6.64. The second-order valence-electron chi connectivity index (χ2n) is 7.70. The molecule has 0 unspecified atom stereocenters. The Morgan fingerprint density at radius 2 is 1.50 bits per heavy atom. The van der Waals surface area contributed by atoms with Crippen LogP contribution in [0.25, 0.3) is 0 Å². The smallest absolute Gasteiger partial charge is 0.224 e. The molecule has 1 saturated carbocycles. The van der Waals surface area contributed by atoms with Crippen LogP contribution in [0.15, 0.2) is 60.7 Å². The number of nitrogens with zero attached hydrogens (tertiary/aromatic N) is 1. The van der Waals surface area contributed by atoms with Crippen molar-refractivity contribution < 1.29 is 4.79 Å². The summed E-state index contributed by atoms with van der Waals surface area (Å²) in [7, 11) is 0. The first-order valence-corrected chi connectivity index (χ1v) is 9.41. The van der Waals surface area contributed by atoms with E-state index in [4.69, 9.17) is 0 Å². The molecule has 2 aliphatic carbocycles. The predicted octanol–water partition coefficient (Wildman–Crippen LogP) is 4.71. The van der Waals surface area contributed by atoms with Crippen LogP contribution in [0, 0.1) is 25.7 Å². The first-order chi connectivity index (χ1) is 12.5. The van der Waals surface area contributed by atoms with Crippen LogP contribution >= 0.6 is 0 Å². The zero-order valence-electron chi connectivity index (χ0n) is 15.6. The van der Waals surface area contributed by atoms with Gasteiger partial charge in [0.2, 0.25) is 5.91 Å². The number of benzene rings is 2. The number of carbonyl (C=O) groups is 1. The summed E-state index contributed by atoms with van der Waals surface area (Å²) in [4.78, 5) is 14.6. The van der Waals surface area contributed by atoms with Crippen LogP contribution in [0.2, 0.25) is 0 Å². The zero-order valence-corrected chi connectivity index (χ0v) is 15.6. The fraction of sp³-hybridized carbons (Fsp3) is 0.348. The van der Waals surface area contributed by atoms with Gasteiger partial charge in [-0.3, -0.25) is 4.79 Å². The highest BCUT2D eigenvalue weighted by molar-refractivity contribution is 5.92. The summed E-state index contributed by atoms with van der Waals surface area (Å²) in [6.45, 7) is 5.85. The van der Waals surface area contributed by atoms with E-state index in [0.29, 0.717) is 11.8 Å². The summed E-state index contributed by atoms with van der Waals surface area (Å²) in [5.41, 5.74) is 4.58. The summed E-state index contributed by atoms with van der Waals surface area (Å²) >= 11 is 0. The molecule has 2 aromatic carbocycles. The third kappa shape index (κ3) is 3.03. The van der Waals surface area contributed by atoms with Crippen molar-refractivity contribution in [2.75, 3.05) is 10.2 Å². The van der Waals surface area contributed by atoms with E-state index in [1.807, 2.05) is 4.90 Å². The van der Waals surface area contributed by atoms with Gasteiger partial charge in [-0.25, -0.2) is 0 Å². The average molecular weight is 346 g/mol. The van der Waals surface area contributed by atoms with E-state index < -0.39 is 0 Å². The molecule has 3 nitrogen and oxygen atoms in total. The molecule has 2 bridgehead atoms. The molecule has 26 heavy (non-hydrogen) atoms. The fourth-order valence-electron chi connectivity index (χ4n) is 4.45. The van der Waals surface area contributed by atoms with Crippen LogP contribution in [-0.4, -0.2) is 18.0 Å². The Balaban J connectivity index is 1.67. The van der Waals surface area contributed by atoms with Crippen molar-refractivity contribution in [3.8, 4) is 0 Å². The number of anilines is 2. The normalized spacial score (nSPS) is 26.1. The number of carbonyl (C=O) groups excluding carboxylic acids is 1. The lowest BCUT2D eigenvalue weighted by molar-refractivity contribution is -0.117. The molecule has 2 aliphatic rings. The molecule has 0 aliphatic heterocycles. The van der Waals surface area contributed by atoms with E-state index in [-0.39, 0.29) is 18.0 Å². The molecule has 0 radical (unpaired) electrons. The highest BCUT2D eigenvalue weighted by atomic mass is 16.2. The number of hydrogen-bond donors (Lipinski definition) is 1. The third-order valence-corrected chi connectivity index (χ3v) is 5.75. The van der Waals surface area contributed by atoms with Crippen molar-refractivity contribution in [3.05, 3.63) is 71.8 Å². The Kier molecular flexibility index (Phi) is 4.31. The highest BCUT2D eigenvalue weighted by Crippen LogP contribution is 2.44. The molecule has 134 valence electrons. The first kappa shape index (κ1) is 16.9. The standard InChI is InChI=1S/C23H26N2O/c1-15-4-10-20(11-5-15)24-22-18-8-9-19(14-18)23(22)25(17(3)26)21-12-6-16(2)7-13-21/h4-13,18-19,22-24H,14H2,1-3H3/t18-,19+,22-,23+/m0/s1. The van der Waals surface area contributed by atoms with E-state index in [9.17, 15) is 4.79 Å². The molecule has 1 amide bonds. The number of nitrogens with one attached hydrogen (secondary N) is 1. The quantitative estimate of drug-likeness (QED) is 0.813. The maximum Gasteiger partial charge on any atom is 0.224 e. The highest BCUT2D eigenvalue weighted by Gasteiger charge is 2.48. The molecule has 3 heteroatoms. The van der Waals surface area contributed by atoms with Gasteiger partial charge in [0.15, 0.2) is 0 Å². The molecule has 0 aromatic heterocycles. The molecule has 2 aromatic rings. The van der Waals surface area contributed by atoms with Gasteiger partial charge in [0.1, 0.15) is 0 Å². The van der Waals surface area contributed by atoms with Crippen LogP contribution in [0.5, 0.6) is 0 Å². The van der Waals surface area contributed by atoms with Crippen molar-refractivity contribution in [2.24, 2.45) is 11.8 Å². The molecule has 1 fully saturated rings. The minimum absolute atomic E-state index is 0.107. The van der Waals surface area contributed by atoms with E-state index in [2.05, 4.69) is 79.8 Å². The summed E-state index contributed by atoms with van der Waals surface area (Å²) in [6.07, 6.45) is 5.73. The van der Waals surface area contributed by atoms with E-state index in [1.54, 1.807) is 6.92 Å². The van der Waals surface area contributed by atoms with Crippen LogP contribution in [0.4, 0.5) is 11.4 Å². The second-order valence-corrected chi connectivity index (χ2v) is 7.70. The number of fused-ring (bicyclic) bond motifs is 2. The average Bonchev–Trinajstić information content (AvgIpc) is 3.21. The monoisotopic (exact) mass is 346 g/mol. The number of rotatable bonds is 4. The SMILES string of the molecule is CC(=O)N(c1ccc(C)cc1)[C@H]1[C@@H](Nc2ccc(C)cc2)[C@H]2C=C[C@@H]1C2. The van der Waals surface area contributed by atoms with Crippen molar-refractivity contribution in [2.45, 2.75) is 39.3 Å². The van der Waals surface area contributed by atoms with E-state index in [0.717, 1.165) is 17.8 Å². The van der Waals surface area contributed by atoms with Crippen molar-refractivity contribution >= 4 is 17.3 Å². The number of amides is 1. The summed E-state index contributed by atoms with van der Waals surface area (Å²) in [6, 6.07) is 17.2. The Morgan fingerprint density at radius 1 is 0.923 bits per heavy atom. The maximum absolute atomic E-state index is 12.6. The molecule has 4 atom stereocenters. The van der Waals surface area contributed by atoms with Gasteiger partial charge in [0.05, 0.1) is 12.1 Å². The van der Waals surface area contributed by atoms with Gasteiger partial charge in [-0.05, 0) is 50.5 Å². The van der Waals surface area contributed by atoms with E-state index >= 15 is 0 Å². The molecule has 4 rings (SSSR count). The van der Waals surface area contributed by atoms with Crippen molar-refractivity contribution in [1.82, 2.24) is 0 Å². The fourth-order valence-corrected chi connectivity index (χ4v) is 4.45. The van der Waals surface area contributed by atoms with Crippen LogP contribution in [0.1, 0.15) is 24.5 Å². The van der Waals surface area contributed by atoms with Crippen molar-refractivity contribution in [3.63, 3.8) is 0 Å². The lowest BCUT2D eigenvalue weighted by atomic mass is 9.93. The molecule has 0 spiro atoms. The lowest BCUT2D eigenvalue weighted by Crippen LogP contribution is -2.51. The van der Waals surface area contributed by atoms with Crippen molar-refractivity contribution in [1.29, 1.82) is 0 Å². The minimum atomic E-state index is 0.107. The zero-order chi connectivity index (χ0) is 18.3. The Hall–Kier alpha value is -2.55. The molecular formula is C23H26N2O. The maximum atomic E-state index is 12.6. The van der Waals surface area contributed by atoms with Gasteiger partial charge in [0, 0.05) is 24.2 Å². The Labute approximate surface area is 155 Å². The van der Waals surface area contributed by atoms with Gasteiger partial charge in [-0.2, -0.15) is 0 Å². The molecule has 0 saturated heterocycles. The number of hydrogen-bond acceptors (Lipinski definition) is 2. The minimum Gasteiger partial charge on any atom is -0.380 e. The largest absolute Gasteiger partial charge is 0.380 e. The lowest BCUT2D eigenvalue weighted by Gasteiger charge is -2.38. The Morgan fingerprint density at radius 3 is 2.12 bits per heavy atom. The first-order valence-electron chi connectivity index (χ1n) is 9.41. The number of aryl methyl sites for hydroxylation is 2. The summed E-state index contributed by atoms with van der Waals surface area (Å²) in [5.74, 6) is 0.988. The van der Waals surface area contributed by atoms with Gasteiger partial charge in [-0.1, -0.05) is 47.5 Å². The third-order valence-electron chi connectivity index (χ3n) is 5.75. The van der Waals surface area contributed by atoms with Gasteiger partial charge in [-0.15, -0.1) is 0 Å². The van der Waals surface area contributed by atoms with Crippen LogP contribution in [0.3, 0.4) is 0 Å². The summed E-state index contributed by atoms with van der Waals surface area (Å²) < 4.78 is 0. The molecular weight excluding hydrogens is 320 g/mol. The molecule has 1 N–H and O–H groups in total. The van der Waals surface area contributed by atoms with Crippen LogP contribution in [-0.2, 0) is 4.79 Å². The summed E-state index contributed by atoms with van der Waals surface area (Å²) in [5, 5.41) is 3.72. The van der Waals surface area contributed by atoms with Gasteiger partial charge < -0.3 is 10.2 Å². The topological polar surface area (TPSA) is 32.3 Å². The van der Waals surface area contributed by atoms with Gasteiger partial charge >= 0.3 is 0 Å². The van der Waals surface area contributed by atoms with E-state index in [1.165, 1.54) is 11.1 Å². The van der Waals surface area contributed by atoms with Crippen LogP contribution < -0.4 is 10.2 Å².